The van der Waals surface area contributed by atoms with Gasteiger partial charge in [0, 0.05) is 37.8 Å². The Balaban J connectivity index is 1.93. The summed E-state index contributed by atoms with van der Waals surface area (Å²) in [5, 5.41) is 3.43. The molecule has 110 valence electrons. The molecule has 0 bridgehead atoms. The van der Waals surface area contributed by atoms with E-state index >= 15 is 0 Å². The Morgan fingerprint density at radius 2 is 1.90 bits per heavy atom. The molecule has 1 aromatic rings. The van der Waals surface area contributed by atoms with Crippen LogP contribution in [0.2, 0.25) is 0 Å². The van der Waals surface area contributed by atoms with Crippen molar-refractivity contribution in [3.63, 3.8) is 0 Å². The Labute approximate surface area is 121 Å². The second-order valence-corrected chi connectivity index (χ2v) is 5.68. The maximum atomic E-state index is 5.60. The fraction of sp³-hybridized carbons (Fsp3) is 0.625. The Bertz CT molecular complexity index is 454. The van der Waals surface area contributed by atoms with Gasteiger partial charge in [0.15, 0.2) is 0 Å². The van der Waals surface area contributed by atoms with E-state index in [1.807, 2.05) is 12.1 Å². The van der Waals surface area contributed by atoms with Gasteiger partial charge < -0.3 is 14.8 Å². The van der Waals surface area contributed by atoms with Crippen molar-refractivity contribution < 1.29 is 9.47 Å². The molecule has 1 N–H and O–H groups in total. The molecule has 1 saturated heterocycles. The van der Waals surface area contributed by atoms with Gasteiger partial charge in [0.2, 0.25) is 0 Å². The van der Waals surface area contributed by atoms with Crippen molar-refractivity contribution in [3.05, 3.63) is 23.8 Å². The lowest BCUT2D eigenvalue weighted by molar-refractivity contribution is 0.153. The first-order valence-electron chi connectivity index (χ1n) is 7.50. The monoisotopic (exact) mass is 276 g/mol. The predicted molar refractivity (Wildman–Crippen MR) is 79.5 cm³/mol. The van der Waals surface area contributed by atoms with Crippen LogP contribution < -0.4 is 14.8 Å². The fourth-order valence-electron chi connectivity index (χ4n) is 3.19. The van der Waals surface area contributed by atoms with Crippen molar-refractivity contribution in [1.29, 1.82) is 0 Å². The van der Waals surface area contributed by atoms with Crippen LogP contribution in [-0.2, 0) is 0 Å². The van der Waals surface area contributed by atoms with E-state index in [9.17, 15) is 0 Å². The molecule has 3 rings (SSSR count). The highest BCUT2D eigenvalue weighted by Gasteiger charge is 2.38. The first-order valence-corrected chi connectivity index (χ1v) is 7.50. The summed E-state index contributed by atoms with van der Waals surface area (Å²) in [7, 11) is 3.48. The van der Waals surface area contributed by atoms with Gasteiger partial charge in [-0.25, -0.2) is 0 Å². The van der Waals surface area contributed by atoms with E-state index < -0.39 is 0 Å². The third-order valence-corrected chi connectivity index (χ3v) is 4.37. The van der Waals surface area contributed by atoms with Crippen LogP contribution in [0.3, 0.4) is 0 Å². The van der Waals surface area contributed by atoms with E-state index in [1.165, 1.54) is 18.4 Å². The number of nitrogens with zero attached hydrogens (tertiary/aromatic N) is 1. The van der Waals surface area contributed by atoms with Gasteiger partial charge in [-0.2, -0.15) is 0 Å². The van der Waals surface area contributed by atoms with Gasteiger partial charge in [-0.15, -0.1) is 0 Å². The number of methoxy groups -OCH3 is 2. The minimum absolute atomic E-state index is 0.474. The average molecular weight is 276 g/mol. The summed E-state index contributed by atoms with van der Waals surface area (Å²) in [4.78, 5) is 2.60. The molecule has 0 amide bonds. The van der Waals surface area contributed by atoms with Crippen molar-refractivity contribution in [2.45, 2.75) is 18.9 Å². The Kier molecular flexibility index (Phi) is 4.13. The van der Waals surface area contributed by atoms with E-state index in [4.69, 9.17) is 9.47 Å². The van der Waals surface area contributed by atoms with Crippen LogP contribution >= 0.6 is 0 Å². The van der Waals surface area contributed by atoms with Crippen molar-refractivity contribution >= 4 is 0 Å². The Morgan fingerprint density at radius 3 is 2.50 bits per heavy atom. The molecular weight excluding hydrogens is 252 g/mol. The highest BCUT2D eigenvalue weighted by molar-refractivity contribution is 5.43. The number of ether oxygens (including phenoxy) is 2. The van der Waals surface area contributed by atoms with Crippen molar-refractivity contribution in [1.82, 2.24) is 10.2 Å². The number of hydrogen-bond donors (Lipinski definition) is 1. The molecule has 20 heavy (non-hydrogen) atoms. The highest BCUT2D eigenvalue weighted by atomic mass is 16.5. The molecule has 4 nitrogen and oxygen atoms in total. The molecule has 1 aliphatic heterocycles. The highest BCUT2D eigenvalue weighted by Crippen LogP contribution is 2.47. The first kappa shape index (κ1) is 13.7. The summed E-state index contributed by atoms with van der Waals surface area (Å²) in [6.07, 6.45) is 2.66. The van der Waals surface area contributed by atoms with E-state index in [2.05, 4.69) is 16.3 Å². The molecule has 2 fully saturated rings. The van der Waals surface area contributed by atoms with E-state index in [1.54, 1.807) is 14.2 Å². The van der Waals surface area contributed by atoms with Crippen molar-refractivity contribution in [2.24, 2.45) is 5.92 Å². The smallest absolute Gasteiger partial charge is 0.123 e. The third kappa shape index (κ3) is 2.76. The molecule has 1 aromatic carbocycles. The Morgan fingerprint density at radius 1 is 1.15 bits per heavy atom. The number of rotatable bonds is 5. The molecule has 0 spiro atoms. The molecular formula is C16H24N2O2. The summed E-state index contributed by atoms with van der Waals surface area (Å²) in [5.41, 5.74) is 1.29. The number of hydrogen-bond acceptors (Lipinski definition) is 4. The summed E-state index contributed by atoms with van der Waals surface area (Å²) in [6.45, 7) is 4.38. The van der Waals surface area contributed by atoms with Gasteiger partial charge in [-0.1, -0.05) is 0 Å². The maximum Gasteiger partial charge on any atom is 0.123 e. The second-order valence-electron chi connectivity index (χ2n) is 5.68. The van der Waals surface area contributed by atoms with Gasteiger partial charge in [0.05, 0.1) is 14.2 Å². The van der Waals surface area contributed by atoms with Crippen LogP contribution in [-0.4, -0.2) is 45.3 Å². The average Bonchev–Trinajstić information content (AvgIpc) is 3.33. The fourth-order valence-corrected chi connectivity index (χ4v) is 3.19. The second kappa shape index (κ2) is 6.02. The molecule has 1 heterocycles. The van der Waals surface area contributed by atoms with Crippen molar-refractivity contribution in [2.75, 3.05) is 40.4 Å². The minimum Gasteiger partial charge on any atom is -0.497 e. The largest absolute Gasteiger partial charge is 0.497 e. The van der Waals surface area contributed by atoms with Crippen LogP contribution in [0, 0.1) is 5.92 Å². The number of benzene rings is 1. The van der Waals surface area contributed by atoms with Gasteiger partial charge >= 0.3 is 0 Å². The van der Waals surface area contributed by atoms with Crippen molar-refractivity contribution in [3.8, 4) is 11.5 Å². The summed E-state index contributed by atoms with van der Waals surface area (Å²) >= 11 is 0. The lowest BCUT2D eigenvalue weighted by Gasteiger charge is -2.36. The maximum absolute atomic E-state index is 5.60. The van der Waals surface area contributed by atoms with Gasteiger partial charge in [-0.05, 0) is 37.0 Å². The topological polar surface area (TPSA) is 33.7 Å². The Hall–Kier alpha value is -1.26. The number of nitrogens with one attached hydrogen (secondary N) is 1. The van der Waals surface area contributed by atoms with Gasteiger partial charge in [-0.3, -0.25) is 4.90 Å². The van der Waals surface area contributed by atoms with Crippen LogP contribution in [0.1, 0.15) is 24.4 Å². The van der Waals surface area contributed by atoms with Gasteiger partial charge in [0.1, 0.15) is 11.5 Å². The predicted octanol–water partition coefficient (Wildman–Crippen LogP) is 2.06. The molecule has 2 aliphatic rings. The lowest BCUT2D eigenvalue weighted by Crippen LogP contribution is -2.45. The molecule has 0 aromatic heterocycles. The van der Waals surface area contributed by atoms with E-state index in [0.29, 0.717) is 6.04 Å². The SMILES string of the molecule is COc1ccc(OC)c([C@H](C2CC2)N2CCNCC2)c1. The standard InChI is InChI=1S/C16H24N2O2/c1-19-13-5-6-15(20-2)14(11-13)16(12-3-4-12)18-9-7-17-8-10-18/h5-6,11-12,16-17H,3-4,7-10H2,1-2H3/t16-/m0/s1. The van der Waals surface area contributed by atoms with Crippen LogP contribution in [0.5, 0.6) is 11.5 Å². The molecule has 0 radical (unpaired) electrons. The summed E-state index contributed by atoms with van der Waals surface area (Å²) in [6, 6.07) is 6.64. The zero-order valence-corrected chi connectivity index (χ0v) is 12.4. The molecule has 1 atom stereocenters. The van der Waals surface area contributed by atoms with Crippen LogP contribution in [0.15, 0.2) is 18.2 Å². The quantitative estimate of drug-likeness (QED) is 0.892. The van der Waals surface area contributed by atoms with Crippen LogP contribution in [0.4, 0.5) is 0 Å². The first-order chi connectivity index (χ1) is 9.83. The zero-order valence-electron chi connectivity index (χ0n) is 12.4. The zero-order chi connectivity index (χ0) is 13.9. The van der Waals surface area contributed by atoms with Crippen LogP contribution in [0.25, 0.3) is 0 Å². The summed E-state index contributed by atoms with van der Waals surface area (Å²) < 4.78 is 11.0. The molecule has 1 saturated carbocycles. The van der Waals surface area contributed by atoms with E-state index in [-0.39, 0.29) is 0 Å². The normalized spacial score (nSPS) is 21.5. The molecule has 4 heteroatoms. The number of piperazine rings is 1. The summed E-state index contributed by atoms with van der Waals surface area (Å²) in [5.74, 6) is 2.68. The third-order valence-electron chi connectivity index (χ3n) is 4.37. The molecule has 0 unspecified atom stereocenters. The van der Waals surface area contributed by atoms with E-state index in [0.717, 1.165) is 43.6 Å². The minimum atomic E-state index is 0.474. The molecule has 1 aliphatic carbocycles. The van der Waals surface area contributed by atoms with Gasteiger partial charge in [0.25, 0.3) is 0 Å². The lowest BCUT2D eigenvalue weighted by atomic mass is 9.98.